The van der Waals surface area contributed by atoms with E-state index in [0.29, 0.717) is 16.8 Å². The molecule has 0 saturated carbocycles. The van der Waals surface area contributed by atoms with Crippen molar-refractivity contribution in [2.75, 3.05) is 12.8 Å². The number of hydroxylamine groups is 1. The van der Waals surface area contributed by atoms with Crippen molar-refractivity contribution in [2.24, 2.45) is 0 Å². The SMILES string of the molecule is CNC(=O)NC(C)(C(F)F)C(NC(=O)c1ccc(C#CC#Cc2ccccc2N)cc1)C(=O)NO. The molecule has 0 bridgehead atoms. The number of amides is 4. The number of carbonyl (C=O) groups excluding carboxylic acids is 3. The molecule has 182 valence electrons. The largest absolute Gasteiger partial charge is 0.398 e. The van der Waals surface area contributed by atoms with Gasteiger partial charge in [-0.1, -0.05) is 24.0 Å². The van der Waals surface area contributed by atoms with Gasteiger partial charge in [0.05, 0.1) is 0 Å². The highest BCUT2D eigenvalue weighted by atomic mass is 19.3. The van der Waals surface area contributed by atoms with Crippen molar-refractivity contribution >= 4 is 23.5 Å². The summed E-state index contributed by atoms with van der Waals surface area (Å²) in [5.74, 6) is 8.70. The number of nitrogens with one attached hydrogen (secondary N) is 4. The minimum Gasteiger partial charge on any atom is -0.398 e. The van der Waals surface area contributed by atoms with E-state index in [2.05, 4.69) is 34.3 Å². The van der Waals surface area contributed by atoms with Gasteiger partial charge < -0.3 is 21.7 Å². The quantitative estimate of drug-likeness (QED) is 0.158. The van der Waals surface area contributed by atoms with Crippen LogP contribution >= 0.6 is 0 Å². The van der Waals surface area contributed by atoms with Crippen LogP contribution < -0.4 is 27.2 Å². The standard InChI is InChI=1S/C24H23F2N5O4/c1-24(22(25)26,30-23(34)28-2)19(21(33)31-35)29-20(32)17-13-11-15(12-14-17)7-3-4-8-16-9-5-6-10-18(16)27/h5-6,9-14,19,22,35H,27H2,1-2H3,(H,29,32)(H,31,33)(H2,28,30,34). The molecule has 0 heterocycles. The Balaban J connectivity index is 2.20. The van der Waals surface area contributed by atoms with Crippen molar-refractivity contribution in [3.05, 3.63) is 65.2 Å². The zero-order chi connectivity index (χ0) is 26.0. The molecular weight excluding hydrogens is 460 g/mol. The fraction of sp³-hybridized carbons (Fsp3) is 0.208. The van der Waals surface area contributed by atoms with Crippen LogP contribution in [0.15, 0.2) is 48.5 Å². The van der Waals surface area contributed by atoms with E-state index >= 15 is 0 Å². The number of hydrogen-bond donors (Lipinski definition) is 6. The predicted molar refractivity (Wildman–Crippen MR) is 124 cm³/mol. The zero-order valence-electron chi connectivity index (χ0n) is 18.8. The number of alkyl halides is 2. The third-order valence-corrected chi connectivity index (χ3v) is 4.89. The summed E-state index contributed by atoms with van der Waals surface area (Å²) in [4.78, 5) is 36.4. The Morgan fingerprint density at radius 2 is 1.66 bits per heavy atom. The first-order valence-corrected chi connectivity index (χ1v) is 10.1. The number of urea groups is 1. The van der Waals surface area contributed by atoms with Gasteiger partial charge in [-0.25, -0.2) is 19.1 Å². The molecule has 2 atom stereocenters. The maximum Gasteiger partial charge on any atom is 0.315 e. The Hall–Kier alpha value is -4.61. The molecule has 0 radical (unpaired) electrons. The minimum atomic E-state index is -3.28. The fourth-order valence-corrected chi connectivity index (χ4v) is 2.84. The van der Waals surface area contributed by atoms with E-state index in [4.69, 9.17) is 10.9 Å². The van der Waals surface area contributed by atoms with E-state index in [1.165, 1.54) is 36.8 Å². The van der Waals surface area contributed by atoms with Gasteiger partial charge in [-0.3, -0.25) is 14.8 Å². The molecule has 0 aliphatic carbocycles. The summed E-state index contributed by atoms with van der Waals surface area (Å²) in [5.41, 5.74) is 6.18. The van der Waals surface area contributed by atoms with E-state index in [0.717, 1.165) is 6.92 Å². The van der Waals surface area contributed by atoms with Crippen LogP contribution in [0, 0.1) is 23.7 Å². The third-order valence-electron chi connectivity index (χ3n) is 4.89. The van der Waals surface area contributed by atoms with Crippen molar-refractivity contribution in [1.29, 1.82) is 0 Å². The second-order valence-corrected chi connectivity index (χ2v) is 7.33. The van der Waals surface area contributed by atoms with Crippen LogP contribution in [0.3, 0.4) is 0 Å². The topological polar surface area (TPSA) is 146 Å². The lowest BCUT2D eigenvalue weighted by molar-refractivity contribution is -0.135. The monoisotopic (exact) mass is 483 g/mol. The molecule has 2 aromatic rings. The van der Waals surface area contributed by atoms with Crippen molar-refractivity contribution in [3.8, 4) is 23.7 Å². The van der Waals surface area contributed by atoms with Crippen LogP contribution in [0.2, 0.25) is 0 Å². The van der Waals surface area contributed by atoms with Gasteiger partial charge in [0.2, 0.25) is 0 Å². The maximum atomic E-state index is 13.8. The first-order chi connectivity index (χ1) is 16.6. The van der Waals surface area contributed by atoms with E-state index in [1.807, 2.05) is 5.32 Å². The molecular formula is C24H23F2N5O4. The molecule has 0 aromatic heterocycles. The van der Waals surface area contributed by atoms with Gasteiger partial charge in [0, 0.05) is 29.4 Å². The van der Waals surface area contributed by atoms with Crippen LogP contribution in [0.1, 0.15) is 28.4 Å². The van der Waals surface area contributed by atoms with Gasteiger partial charge in [0.15, 0.2) is 0 Å². The Kier molecular flexibility index (Phi) is 9.15. The Morgan fingerprint density at radius 3 is 2.23 bits per heavy atom. The molecule has 9 nitrogen and oxygen atoms in total. The number of nitrogens with two attached hydrogens (primary N) is 1. The second-order valence-electron chi connectivity index (χ2n) is 7.33. The molecule has 11 heteroatoms. The highest BCUT2D eigenvalue weighted by Gasteiger charge is 2.48. The fourth-order valence-electron chi connectivity index (χ4n) is 2.84. The second kappa shape index (κ2) is 12.0. The van der Waals surface area contributed by atoms with E-state index in [1.54, 1.807) is 24.3 Å². The smallest absolute Gasteiger partial charge is 0.315 e. The number of benzene rings is 2. The number of carbonyl (C=O) groups is 3. The van der Waals surface area contributed by atoms with E-state index < -0.39 is 35.9 Å². The summed E-state index contributed by atoms with van der Waals surface area (Å²) in [6.07, 6.45) is -3.28. The predicted octanol–water partition coefficient (Wildman–Crippen LogP) is 1.23. The molecule has 35 heavy (non-hydrogen) atoms. The molecule has 0 aliphatic heterocycles. The highest BCUT2D eigenvalue weighted by Crippen LogP contribution is 2.21. The van der Waals surface area contributed by atoms with Gasteiger partial charge in [0.1, 0.15) is 11.6 Å². The molecule has 0 spiro atoms. The lowest BCUT2D eigenvalue weighted by atomic mass is 9.91. The van der Waals surface area contributed by atoms with Gasteiger partial charge in [0.25, 0.3) is 18.2 Å². The van der Waals surface area contributed by atoms with Crippen LogP contribution in [-0.4, -0.2) is 48.1 Å². The number of nitrogen functional groups attached to an aromatic ring is 1. The van der Waals surface area contributed by atoms with Crippen LogP contribution in [-0.2, 0) is 4.79 Å². The van der Waals surface area contributed by atoms with Gasteiger partial charge >= 0.3 is 6.03 Å². The molecule has 2 rings (SSSR count). The van der Waals surface area contributed by atoms with Crippen molar-refractivity contribution in [2.45, 2.75) is 24.9 Å². The normalized spacial score (nSPS) is 12.5. The van der Waals surface area contributed by atoms with E-state index in [-0.39, 0.29) is 5.56 Å². The zero-order valence-corrected chi connectivity index (χ0v) is 18.8. The van der Waals surface area contributed by atoms with Crippen LogP contribution in [0.5, 0.6) is 0 Å². The lowest BCUT2D eigenvalue weighted by Crippen LogP contribution is -2.69. The number of anilines is 1. The van der Waals surface area contributed by atoms with E-state index in [9.17, 15) is 23.2 Å². The first-order valence-electron chi connectivity index (χ1n) is 10.1. The summed E-state index contributed by atoms with van der Waals surface area (Å²) < 4.78 is 27.6. The molecule has 0 aliphatic rings. The lowest BCUT2D eigenvalue weighted by Gasteiger charge is -2.36. The summed E-state index contributed by atoms with van der Waals surface area (Å²) in [5, 5.41) is 15.2. The number of hydrogen-bond acceptors (Lipinski definition) is 5. The molecule has 0 fully saturated rings. The van der Waals surface area contributed by atoms with Gasteiger partial charge in [-0.15, -0.1) is 0 Å². The van der Waals surface area contributed by atoms with Crippen molar-refractivity contribution in [3.63, 3.8) is 0 Å². The molecule has 0 saturated heterocycles. The Morgan fingerprint density at radius 1 is 1.03 bits per heavy atom. The average Bonchev–Trinajstić information content (AvgIpc) is 2.85. The highest BCUT2D eigenvalue weighted by molar-refractivity contribution is 5.98. The van der Waals surface area contributed by atoms with Crippen molar-refractivity contribution in [1.82, 2.24) is 21.4 Å². The van der Waals surface area contributed by atoms with Gasteiger partial charge in [-0.2, -0.15) is 0 Å². The molecule has 2 unspecified atom stereocenters. The van der Waals surface area contributed by atoms with Crippen LogP contribution in [0.25, 0.3) is 0 Å². The summed E-state index contributed by atoms with van der Waals surface area (Å²) in [6.45, 7) is 0.857. The average molecular weight is 483 g/mol. The number of rotatable bonds is 6. The molecule has 2 aromatic carbocycles. The maximum absolute atomic E-state index is 13.8. The van der Waals surface area contributed by atoms with Crippen LogP contribution in [0.4, 0.5) is 19.3 Å². The first kappa shape index (κ1) is 26.6. The summed E-state index contributed by atoms with van der Waals surface area (Å²) in [7, 11) is 1.19. The number of halogens is 2. The summed E-state index contributed by atoms with van der Waals surface area (Å²) in [6, 6.07) is 9.74. The molecule has 4 amide bonds. The Labute approximate surface area is 200 Å². The number of para-hydroxylation sites is 1. The van der Waals surface area contributed by atoms with Gasteiger partial charge in [-0.05, 0) is 55.2 Å². The summed E-state index contributed by atoms with van der Waals surface area (Å²) >= 11 is 0. The van der Waals surface area contributed by atoms with Crippen molar-refractivity contribution < 1.29 is 28.4 Å². The molecule has 7 N–H and O–H groups in total. The Bertz CT molecular complexity index is 1210. The minimum absolute atomic E-state index is 0.0194. The third kappa shape index (κ3) is 6.93.